The summed E-state index contributed by atoms with van der Waals surface area (Å²) in [6.45, 7) is 2.61. The first kappa shape index (κ1) is 13.1. The first-order chi connectivity index (χ1) is 8.59. The van der Waals surface area contributed by atoms with Gasteiger partial charge in [-0.3, -0.25) is 0 Å². The molecule has 1 fully saturated rings. The summed E-state index contributed by atoms with van der Waals surface area (Å²) in [4.78, 5) is 0.279. The second kappa shape index (κ2) is 5.09. The lowest BCUT2D eigenvalue weighted by Gasteiger charge is -2.22. The first-order valence-corrected chi connectivity index (χ1v) is 7.55. The number of benzene rings is 1. The number of rotatable bonds is 3. The van der Waals surface area contributed by atoms with E-state index in [0.29, 0.717) is 12.1 Å². The number of nitrogens with zero attached hydrogens (tertiary/aromatic N) is 2. The molecular formula is C13H16N2O2S. The Balaban J connectivity index is 2.33. The van der Waals surface area contributed by atoms with Gasteiger partial charge in [0.25, 0.3) is 0 Å². The molecule has 5 heteroatoms. The van der Waals surface area contributed by atoms with Crippen molar-refractivity contribution in [3.05, 3.63) is 29.8 Å². The molecule has 0 radical (unpaired) electrons. The van der Waals surface area contributed by atoms with Crippen LogP contribution in [0.2, 0.25) is 0 Å². The van der Waals surface area contributed by atoms with Gasteiger partial charge in [-0.15, -0.1) is 0 Å². The van der Waals surface area contributed by atoms with Gasteiger partial charge >= 0.3 is 0 Å². The Labute approximate surface area is 108 Å². The third-order valence-electron chi connectivity index (χ3n) is 3.38. The number of hydrogen-bond acceptors (Lipinski definition) is 3. The fourth-order valence-corrected chi connectivity index (χ4v) is 4.14. The lowest BCUT2D eigenvalue weighted by molar-refractivity contribution is 0.379. The summed E-state index contributed by atoms with van der Waals surface area (Å²) in [6, 6.07) is 8.22. The molecule has 1 heterocycles. The Bertz CT molecular complexity index is 558. The summed E-state index contributed by atoms with van der Waals surface area (Å²) in [5.41, 5.74) is 0.474. The minimum Gasteiger partial charge on any atom is -0.207 e. The highest BCUT2D eigenvalue weighted by Crippen LogP contribution is 2.27. The van der Waals surface area contributed by atoms with E-state index in [4.69, 9.17) is 5.26 Å². The zero-order valence-corrected chi connectivity index (χ0v) is 11.2. The molecule has 1 saturated heterocycles. The van der Waals surface area contributed by atoms with Crippen molar-refractivity contribution in [1.29, 1.82) is 5.26 Å². The van der Waals surface area contributed by atoms with E-state index < -0.39 is 10.0 Å². The smallest absolute Gasteiger partial charge is 0.207 e. The molecule has 0 amide bonds. The minimum absolute atomic E-state index is 0.116. The summed E-state index contributed by atoms with van der Waals surface area (Å²) in [5, 5.41) is 8.71. The highest BCUT2D eigenvalue weighted by Gasteiger charge is 2.33. The van der Waals surface area contributed by atoms with E-state index in [2.05, 4.69) is 0 Å². The van der Waals surface area contributed by atoms with Crippen LogP contribution in [-0.2, 0) is 10.0 Å². The third-order valence-corrected chi connectivity index (χ3v) is 5.35. The van der Waals surface area contributed by atoms with Crippen molar-refractivity contribution in [1.82, 2.24) is 4.31 Å². The standard InChI is InChI=1S/C13H16N2O2S/c1-2-12-4-3-9-15(12)18(16,17)13-7-5-11(10-14)6-8-13/h5-8,12H,2-4,9H2,1H3. The van der Waals surface area contributed by atoms with Crippen LogP contribution >= 0.6 is 0 Å². The molecule has 0 spiro atoms. The average Bonchev–Trinajstić information content (AvgIpc) is 2.88. The predicted molar refractivity (Wildman–Crippen MR) is 68.4 cm³/mol. The molecule has 0 aromatic heterocycles. The van der Waals surface area contributed by atoms with Crippen molar-refractivity contribution < 1.29 is 8.42 Å². The second-order valence-electron chi connectivity index (χ2n) is 4.46. The van der Waals surface area contributed by atoms with Crippen molar-refractivity contribution in [2.45, 2.75) is 37.1 Å². The molecule has 4 nitrogen and oxygen atoms in total. The molecule has 1 unspecified atom stereocenters. The van der Waals surface area contributed by atoms with E-state index in [9.17, 15) is 8.42 Å². The van der Waals surface area contributed by atoms with E-state index >= 15 is 0 Å². The van der Waals surface area contributed by atoms with Crippen LogP contribution in [-0.4, -0.2) is 25.3 Å². The topological polar surface area (TPSA) is 61.2 Å². The lowest BCUT2D eigenvalue weighted by Crippen LogP contribution is -2.35. The van der Waals surface area contributed by atoms with Crippen molar-refractivity contribution in [2.24, 2.45) is 0 Å². The van der Waals surface area contributed by atoms with Gasteiger partial charge in [-0.1, -0.05) is 6.92 Å². The Morgan fingerprint density at radius 1 is 1.39 bits per heavy atom. The van der Waals surface area contributed by atoms with Gasteiger partial charge in [0.2, 0.25) is 10.0 Å². The largest absolute Gasteiger partial charge is 0.243 e. The van der Waals surface area contributed by atoms with Crippen LogP contribution in [0, 0.1) is 11.3 Å². The zero-order valence-electron chi connectivity index (χ0n) is 10.3. The Kier molecular flexibility index (Phi) is 3.69. The maximum Gasteiger partial charge on any atom is 0.243 e. The Morgan fingerprint density at radius 3 is 2.61 bits per heavy atom. The van der Waals surface area contributed by atoms with Gasteiger partial charge in [-0.2, -0.15) is 9.57 Å². The number of hydrogen-bond donors (Lipinski definition) is 0. The molecule has 0 N–H and O–H groups in total. The van der Waals surface area contributed by atoms with Gasteiger partial charge in [0.1, 0.15) is 0 Å². The molecule has 96 valence electrons. The number of nitriles is 1. The molecule has 1 aliphatic heterocycles. The minimum atomic E-state index is -3.40. The van der Waals surface area contributed by atoms with Gasteiger partial charge in [-0.25, -0.2) is 8.42 Å². The van der Waals surface area contributed by atoms with E-state index in [1.807, 2.05) is 13.0 Å². The molecule has 0 bridgehead atoms. The van der Waals surface area contributed by atoms with Crippen LogP contribution in [0.1, 0.15) is 31.7 Å². The van der Waals surface area contributed by atoms with Gasteiger partial charge in [0, 0.05) is 12.6 Å². The molecule has 1 aromatic carbocycles. The maximum absolute atomic E-state index is 12.4. The third kappa shape index (κ3) is 2.26. The summed E-state index contributed by atoms with van der Waals surface area (Å²) < 4.78 is 26.5. The van der Waals surface area contributed by atoms with Crippen molar-refractivity contribution in [3.63, 3.8) is 0 Å². The Morgan fingerprint density at radius 2 is 2.06 bits per heavy atom. The SMILES string of the molecule is CCC1CCCN1S(=O)(=O)c1ccc(C#N)cc1. The predicted octanol–water partition coefficient (Wildman–Crippen LogP) is 2.12. The zero-order chi connectivity index (χ0) is 13.2. The molecule has 1 atom stereocenters. The van der Waals surface area contributed by atoms with Gasteiger partial charge in [0.15, 0.2) is 0 Å². The normalized spacial score (nSPS) is 20.8. The monoisotopic (exact) mass is 264 g/mol. The molecule has 0 saturated carbocycles. The van der Waals surface area contributed by atoms with Crippen LogP contribution in [0.5, 0.6) is 0 Å². The molecule has 18 heavy (non-hydrogen) atoms. The van der Waals surface area contributed by atoms with Crippen LogP contribution in [0.15, 0.2) is 29.2 Å². The lowest BCUT2D eigenvalue weighted by atomic mass is 10.2. The van der Waals surface area contributed by atoms with Crippen LogP contribution in [0.4, 0.5) is 0 Å². The molecule has 0 aliphatic carbocycles. The highest BCUT2D eigenvalue weighted by atomic mass is 32.2. The molecule has 1 aliphatic rings. The van der Waals surface area contributed by atoms with Crippen molar-refractivity contribution in [3.8, 4) is 6.07 Å². The van der Waals surface area contributed by atoms with E-state index in [0.717, 1.165) is 19.3 Å². The number of sulfonamides is 1. The maximum atomic E-state index is 12.4. The summed E-state index contributed by atoms with van der Waals surface area (Å²) in [6.07, 6.45) is 2.70. The summed E-state index contributed by atoms with van der Waals surface area (Å²) in [7, 11) is -3.40. The average molecular weight is 264 g/mol. The highest BCUT2D eigenvalue weighted by molar-refractivity contribution is 7.89. The van der Waals surface area contributed by atoms with E-state index in [1.165, 1.54) is 12.1 Å². The van der Waals surface area contributed by atoms with Gasteiger partial charge in [0.05, 0.1) is 16.5 Å². The van der Waals surface area contributed by atoms with Gasteiger partial charge in [-0.05, 0) is 43.5 Å². The van der Waals surface area contributed by atoms with E-state index in [1.54, 1.807) is 16.4 Å². The van der Waals surface area contributed by atoms with E-state index in [-0.39, 0.29) is 10.9 Å². The fraction of sp³-hybridized carbons (Fsp3) is 0.462. The summed E-state index contributed by atoms with van der Waals surface area (Å²) in [5.74, 6) is 0. The fourth-order valence-electron chi connectivity index (χ4n) is 2.37. The quantitative estimate of drug-likeness (QED) is 0.840. The second-order valence-corrected chi connectivity index (χ2v) is 6.35. The van der Waals surface area contributed by atoms with Crippen molar-refractivity contribution >= 4 is 10.0 Å². The van der Waals surface area contributed by atoms with Crippen molar-refractivity contribution in [2.75, 3.05) is 6.54 Å². The molecular weight excluding hydrogens is 248 g/mol. The first-order valence-electron chi connectivity index (χ1n) is 6.11. The van der Waals surface area contributed by atoms with Gasteiger partial charge < -0.3 is 0 Å². The summed E-state index contributed by atoms with van der Waals surface area (Å²) >= 11 is 0. The van der Waals surface area contributed by atoms with Crippen LogP contribution < -0.4 is 0 Å². The van der Waals surface area contributed by atoms with Crippen LogP contribution in [0.25, 0.3) is 0 Å². The van der Waals surface area contributed by atoms with Crippen LogP contribution in [0.3, 0.4) is 0 Å². The Hall–Kier alpha value is -1.38. The molecule has 1 aromatic rings. The molecule has 2 rings (SSSR count).